The van der Waals surface area contributed by atoms with E-state index in [4.69, 9.17) is 6.42 Å². The van der Waals surface area contributed by atoms with E-state index in [9.17, 15) is 9.59 Å². The van der Waals surface area contributed by atoms with Crippen LogP contribution in [0.25, 0.3) is 0 Å². The van der Waals surface area contributed by atoms with Gasteiger partial charge < -0.3 is 15.1 Å². The molecule has 2 unspecified atom stereocenters. The number of aryl methyl sites for hydroxylation is 1. The Bertz CT molecular complexity index is 885. The maximum absolute atomic E-state index is 12.6. The van der Waals surface area contributed by atoms with Crippen LogP contribution in [0.1, 0.15) is 66.5 Å². The molecule has 1 aliphatic carbocycles. The molecule has 0 bridgehead atoms. The molecule has 1 aromatic carbocycles. The summed E-state index contributed by atoms with van der Waals surface area (Å²) >= 11 is 0. The van der Waals surface area contributed by atoms with Crippen LogP contribution in [0.3, 0.4) is 0 Å². The van der Waals surface area contributed by atoms with Crippen molar-refractivity contribution in [2.75, 3.05) is 19.6 Å². The summed E-state index contributed by atoms with van der Waals surface area (Å²) in [6.07, 6.45) is 8.55. The average molecular weight is 442 g/mol. The summed E-state index contributed by atoms with van der Waals surface area (Å²) in [6.45, 7) is 14.5. The number of amides is 3. The highest BCUT2D eigenvalue weighted by Gasteiger charge is 2.39. The van der Waals surface area contributed by atoms with E-state index >= 15 is 0 Å². The number of benzene rings is 1. The zero-order valence-electron chi connectivity index (χ0n) is 20.4. The van der Waals surface area contributed by atoms with E-state index < -0.39 is 0 Å². The number of rotatable bonds is 2. The predicted octanol–water partition coefficient (Wildman–Crippen LogP) is 5.07. The quantitative estimate of drug-likeness (QED) is 0.651. The lowest BCUT2D eigenvalue weighted by atomic mass is 9.76. The summed E-state index contributed by atoms with van der Waals surface area (Å²) in [5.74, 6) is 3.64. The Morgan fingerprint density at radius 2 is 1.75 bits per heavy atom. The molecule has 1 saturated carbocycles. The second-order valence-corrected chi connectivity index (χ2v) is 11.4. The Kier molecular flexibility index (Phi) is 7.54. The van der Waals surface area contributed by atoms with E-state index in [1.807, 2.05) is 9.80 Å². The zero-order chi connectivity index (χ0) is 23.5. The molecule has 3 atom stereocenters. The predicted molar refractivity (Wildman–Crippen MR) is 133 cm³/mol. The molecule has 2 fully saturated rings. The van der Waals surface area contributed by atoms with Gasteiger partial charge in [0.1, 0.15) is 0 Å². The smallest absolute Gasteiger partial charge is 0.318 e. The molecule has 3 aliphatic rings. The monoisotopic (exact) mass is 441 g/mol. The van der Waals surface area contributed by atoms with Crippen LogP contribution in [0.5, 0.6) is 0 Å². The highest BCUT2D eigenvalue weighted by atomic mass is 16.2. The van der Waals surface area contributed by atoms with Crippen molar-refractivity contribution in [3.8, 4) is 12.3 Å². The van der Waals surface area contributed by atoms with E-state index in [1.165, 1.54) is 16.7 Å². The fourth-order valence-corrected chi connectivity index (χ4v) is 4.98. The lowest BCUT2D eigenvalue weighted by molar-refractivity contribution is -0.124. The zero-order valence-corrected chi connectivity index (χ0v) is 20.4. The number of likely N-dealkylation sites (tertiary alicyclic amines) is 1. The first kappa shape index (κ1) is 24.2. The molecule has 0 radical (unpaired) electrons. The largest absolute Gasteiger partial charge is 0.338 e. The van der Waals surface area contributed by atoms with Crippen LogP contribution in [0.15, 0.2) is 18.2 Å². The molecule has 0 spiro atoms. The third-order valence-electron chi connectivity index (χ3n) is 6.48. The van der Waals surface area contributed by atoms with Crippen LogP contribution in [0.2, 0.25) is 0 Å². The van der Waals surface area contributed by atoms with Gasteiger partial charge in [0, 0.05) is 35.6 Å². The lowest BCUT2D eigenvalue weighted by Gasteiger charge is -2.31. The SMILES string of the molecule is C#CC(=O)N1CC2CCC(CNC(=O)N3Cc4ccc(C)cc4C3)C[C@H]2C1.CC(C)(C)C.[HH].[HH]. The van der Waals surface area contributed by atoms with Crippen molar-refractivity contribution in [3.05, 3.63) is 34.9 Å². The van der Waals surface area contributed by atoms with Gasteiger partial charge in [-0.1, -0.05) is 51.5 Å². The summed E-state index contributed by atoms with van der Waals surface area (Å²) in [6, 6.07) is 6.44. The first-order valence-corrected chi connectivity index (χ1v) is 11.9. The number of hydrogen-bond acceptors (Lipinski definition) is 2. The topological polar surface area (TPSA) is 52.7 Å². The van der Waals surface area contributed by atoms with E-state index in [1.54, 1.807) is 0 Å². The fourth-order valence-electron chi connectivity index (χ4n) is 4.98. The van der Waals surface area contributed by atoms with Crippen molar-refractivity contribution in [2.45, 2.75) is 67.0 Å². The Labute approximate surface area is 196 Å². The van der Waals surface area contributed by atoms with Gasteiger partial charge >= 0.3 is 6.03 Å². The number of nitrogens with one attached hydrogen (secondary N) is 1. The van der Waals surface area contributed by atoms with E-state index in [0.29, 0.717) is 36.3 Å². The summed E-state index contributed by atoms with van der Waals surface area (Å²) in [7, 11) is 0. The third-order valence-corrected chi connectivity index (χ3v) is 6.48. The van der Waals surface area contributed by atoms with Crippen molar-refractivity contribution in [1.82, 2.24) is 15.1 Å². The molecular weight excluding hydrogens is 398 g/mol. The molecule has 178 valence electrons. The molecular formula is C27H43N3O2. The molecule has 1 aromatic rings. The van der Waals surface area contributed by atoms with E-state index in [0.717, 1.165) is 38.9 Å². The molecule has 1 saturated heterocycles. The normalized spacial score (nSPS) is 24.1. The van der Waals surface area contributed by atoms with Gasteiger partial charge in [-0.2, -0.15) is 0 Å². The highest BCUT2D eigenvalue weighted by Crippen LogP contribution is 2.38. The highest BCUT2D eigenvalue weighted by molar-refractivity contribution is 5.93. The van der Waals surface area contributed by atoms with Crippen LogP contribution >= 0.6 is 0 Å². The van der Waals surface area contributed by atoms with Gasteiger partial charge in [-0.3, -0.25) is 4.79 Å². The number of nitrogens with zero attached hydrogens (tertiary/aromatic N) is 2. The molecule has 3 amide bonds. The van der Waals surface area contributed by atoms with Crippen molar-refractivity contribution < 1.29 is 12.4 Å². The van der Waals surface area contributed by atoms with Gasteiger partial charge in [0.25, 0.3) is 5.91 Å². The Morgan fingerprint density at radius 1 is 1.09 bits per heavy atom. The second-order valence-electron chi connectivity index (χ2n) is 11.4. The number of hydrogen-bond donors (Lipinski definition) is 1. The number of terminal acetylenes is 1. The van der Waals surface area contributed by atoms with Crippen LogP contribution in [-0.2, 0) is 17.9 Å². The van der Waals surface area contributed by atoms with Crippen molar-refractivity contribution in [1.29, 1.82) is 0 Å². The van der Waals surface area contributed by atoms with Crippen LogP contribution in [0.4, 0.5) is 4.79 Å². The van der Waals surface area contributed by atoms with Crippen LogP contribution in [-0.4, -0.2) is 41.4 Å². The Balaban J connectivity index is 0.000000752. The van der Waals surface area contributed by atoms with E-state index in [-0.39, 0.29) is 14.8 Å². The molecule has 2 aliphatic heterocycles. The van der Waals surface area contributed by atoms with Crippen molar-refractivity contribution in [2.24, 2.45) is 23.2 Å². The van der Waals surface area contributed by atoms with Crippen molar-refractivity contribution >= 4 is 11.9 Å². The van der Waals surface area contributed by atoms with Gasteiger partial charge in [0.2, 0.25) is 0 Å². The Morgan fingerprint density at radius 3 is 2.44 bits per heavy atom. The number of carbonyl (C=O) groups is 2. The number of carbonyl (C=O) groups excluding carboxylic acids is 2. The maximum Gasteiger partial charge on any atom is 0.318 e. The molecule has 5 nitrogen and oxygen atoms in total. The maximum atomic E-state index is 12.6. The molecule has 1 N–H and O–H groups in total. The van der Waals surface area contributed by atoms with Crippen molar-refractivity contribution in [3.63, 3.8) is 0 Å². The summed E-state index contributed by atoms with van der Waals surface area (Å²) < 4.78 is 0. The van der Waals surface area contributed by atoms with Gasteiger partial charge in [0.15, 0.2) is 0 Å². The molecule has 5 heteroatoms. The van der Waals surface area contributed by atoms with Gasteiger partial charge in [-0.05, 0) is 66.4 Å². The Hall–Kier alpha value is -2.48. The third kappa shape index (κ3) is 6.51. The minimum absolute atomic E-state index is 0. The molecule has 4 rings (SSSR count). The minimum Gasteiger partial charge on any atom is -0.338 e. The fraction of sp³-hybridized carbons (Fsp3) is 0.630. The second kappa shape index (κ2) is 9.98. The molecule has 0 aromatic heterocycles. The molecule has 32 heavy (non-hydrogen) atoms. The van der Waals surface area contributed by atoms with Gasteiger partial charge in [0.05, 0.1) is 0 Å². The standard InChI is InChI=1S/C22H27N3O2.C5H12.2H2/c1-3-21(26)24-11-18-7-5-16(9-20(18)13-24)10-23-22(27)25-12-17-6-4-15(2)8-19(17)14-25;1-5(2,3)4;;/h1,4,6,8,16,18,20H,5,7,9-14H2,2H3,(H,23,27);1-4H3;2*1H/t16?,18?,20-;;;/m0.../s1. The lowest BCUT2D eigenvalue weighted by Crippen LogP contribution is -2.40. The summed E-state index contributed by atoms with van der Waals surface area (Å²) in [5.41, 5.74) is 4.25. The van der Waals surface area contributed by atoms with Gasteiger partial charge in [-0.15, -0.1) is 6.42 Å². The first-order chi connectivity index (χ1) is 15.0. The summed E-state index contributed by atoms with van der Waals surface area (Å²) in [5, 5.41) is 3.14. The van der Waals surface area contributed by atoms with Crippen LogP contribution in [0, 0.1) is 42.4 Å². The number of fused-ring (bicyclic) bond motifs is 2. The van der Waals surface area contributed by atoms with Crippen LogP contribution < -0.4 is 5.32 Å². The van der Waals surface area contributed by atoms with Gasteiger partial charge in [-0.25, -0.2) is 4.79 Å². The number of urea groups is 1. The minimum atomic E-state index is -0.182. The van der Waals surface area contributed by atoms with E-state index in [2.05, 4.69) is 64.1 Å². The molecule has 2 heterocycles. The first-order valence-electron chi connectivity index (χ1n) is 11.9. The average Bonchev–Trinajstić information content (AvgIpc) is 3.33. The summed E-state index contributed by atoms with van der Waals surface area (Å²) in [4.78, 5) is 28.0.